The minimum atomic E-state index is -0.159. The summed E-state index contributed by atoms with van der Waals surface area (Å²) in [7, 11) is 6.07. The molecular weight excluding hydrogens is 488 g/mol. The highest BCUT2D eigenvalue weighted by atomic mass is 16.1. The summed E-state index contributed by atoms with van der Waals surface area (Å²) >= 11 is 0. The maximum absolute atomic E-state index is 12.3. The molecule has 9 nitrogen and oxygen atoms in total. The van der Waals surface area contributed by atoms with E-state index in [2.05, 4.69) is 37.4 Å². The van der Waals surface area contributed by atoms with Crippen LogP contribution in [0.2, 0.25) is 0 Å². The Morgan fingerprint density at radius 2 is 1.79 bits per heavy atom. The zero-order chi connectivity index (χ0) is 27.2. The van der Waals surface area contributed by atoms with E-state index in [1.54, 1.807) is 6.08 Å². The first-order valence-electron chi connectivity index (χ1n) is 13.1. The van der Waals surface area contributed by atoms with Crippen LogP contribution in [0.4, 0.5) is 23.1 Å². The van der Waals surface area contributed by atoms with Crippen molar-refractivity contribution in [1.29, 1.82) is 0 Å². The van der Waals surface area contributed by atoms with Gasteiger partial charge in [0.1, 0.15) is 5.82 Å². The van der Waals surface area contributed by atoms with Gasteiger partial charge in [0.15, 0.2) is 0 Å². The molecule has 0 spiro atoms. The van der Waals surface area contributed by atoms with Crippen molar-refractivity contribution in [2.24, 2.45) is 0 Å². The van der Waals surface area contributed by atoms with Crippen molar-refractivity contribution < 1.29 is 4.79 Å². The van der Waals surface area contributed by atoms with Crippen LogP contribution in [0.1, 0.15) is 0 Å². The summed E-state index contributed by atoms with van der Waals surface area (Å²) in [6, 6.07) is 17.9. The van der Waals surface area contributed by atoms with Crippen molar-refractivity contribution in [2.45, 2.75) is 0 Å². The molecule has 3 heterocycles. The molecule has 200 valence electrons. The molecule has 0 atom stereocenters. The predicted octanol–water partition coefficient (Wildman–Crippen LogP) is 4.24. The van der Waals surface area contributed by atoms with Crippen LogP contribution < -0.4 is 15.5 Å². The minimum absolute atomic E-state index is 0.159. The fraction of sp³-hybridized carbons (Fsp3) is 0.267. The van der Waals surface area contributed by atoms with E-state index in [-0.39, 0.29) is 5.91 Å². The highest BCUT2D eigenvalue weighted by Crippen LogP contribution is 2.30. The van der Waals surface area contributed by atoms with Gasteiger partial charge in [-0.05, 0) is 51.0 Å². The smallest absolute Gasteiger partial charge is 0.248 e. The number of carbonyl (C=O) groups is 1. The Bertz CT molecular complexity index is 1460. The van der Waals surface area contributed by atoms with Gasteiger partial charge in [0, 0.05) is 61.6 Å². The van der Waals surface area contributed by atoms with Crippen LogP contribution in [0.15, 0.2) is 79.1 Å². The second-order valence-corrected chi connectivity index (χ2v) is 9.99. The lowest BCUT2D eigenvalue weighted by Crippen LogP contribution is -2.44. The third-order valence-electron chi connectivity index (χ3n) is 6.62. The molecule has 0 unspecified atom stereocenters. The van der Waals surface area contributed by atoms with Crippen LogP contribution in [-0.2, 0) is 4.79 Å². The van der Waals surface area contributed by atoms with Gasteiger partial charge < -0.3 is 25.3 Å². The quantitative estimate of drug-likeness (QED) is 0.332. The summed E-state index contributed by atoms with van der Waals surface area (Å²) in [5, 5.41) is 7.18. The molecule has 2 aromatic carbocycles. The Labute approximate surface area is 229 Å². The number of hydrogen-bond donors (Lipinski definition) is 2. The summed E-state index contributed by atoms with van der Waals surface area (Å²) in [6.45, 7) is 4.74. The molecular formula is C30H34N8O. The fourth-order valence-electron chi connectivity index (χ4n) is 4.48. The van der Waals surface area contributed by atoms with Crippen LogP contribution in [0.5, 0.6) is 0 Å². The number of rotatable bonds is 8. The van der Waals surface area contributed by atoms with Gasteiger partial charge >= 0.3 is 0 Å². The number of benzene rings is 2. The molecule has 0 radical (unpaired) electrons. The summed E-state index contributed by atoms with van der Waals surface area (Å²) in [6.07, 6.45) is 7.04. The molecule has 1 aliphatic heterocycles. The lowest BCUT2D eigenvalue weighted by atomic mass is 10.0. The zero-order valence-corrected chi connectivity index (χ0v) is 22.6. The molecule has 2 aromatic heterocycles. The molecule has 1 amide bonds. The number of hydrogen-bond acceptors (Lipinski definition) is 8. The lowest BCUT2D eigenvalue weighted by Gasteiger charge is -2.33. The van der Waals surface area contributed by atoms with Gasteiger partial charge in [-0.15, -0.1) is 0 Å². The molecule has 1 aliphatic rings. The highest BCUT2D eigenvalue weighted by Gasteiger charge is 2.15. The predicted molar refractivity (Wildman–Crippen MR) is 159 cm³/mol. The minimum Gasteiger partial charge on any atom is -0.354 e. The average Bonchev–Trinajstić information content (AvgIpc) is 2.93. The monoisotopic (exact) mass is 522 g/mol. The van der Waals surface area contributed by atoms with E-state index in [1.807, 2.05) is 92.1 Å². The van der Waals surface area contributed by atoms with Crippen molar-refractivity contribution in [2.75, 3.05) is 69.4 Å². The first-order chi connectivity index (χ1) is 18.9. The highest BCUT2D eigenvalue weighted by molar-refractivity contribution is 6.00. The molecule has 0 bridgehead atoms. The van der Waals surface area contributed by atoms with Crippen LogP contribution in [0.25, 0.3) is 22.0 Å². The topological polar surface area (TPSA) is 89.5 Å². The number of piperazine rings is 1. The third-order valence-corrected chi connectivity index (χ3v) is 6.62. The fourth-order valence-corrected chi connectivity index (χ4v) is 4.48. The van der Waals surface area contributed by atoms with Crippen LogP contribution in [0.3, 0.4) is 0 Å². The number of amides is 1. The molecule has 39 heavy (non-hydrogen) atoms. The van der Waals surface area contributed by atoms with Crippen LogP contribution in [-0.4, -0.2) is 84.5 Å². The molecule has 5 rings (SSSR count). The molecule has 0 saturated carbocycles. The van der Waals surface area contributed by atoms with Crippen LogP contribution in [0, 0.1) is 0 Å². The third kappa shape index (κ3) is 6.76. The number of nitrogens with one attached hydrogen (secondary N) is 2. The van der Waals surface area contributed by atoms with Crippen molar-refractivity contribution >= 4 is 40.0 Å². The Balaban J connectivity index is 1.34. The summed E-state index contributed by atoms with van der Waals surface area (Å²) < 4.78 is 0. The van der Waals surface area contributed by atoms with E-state index in [0.717, 1.165) is 65.4 Å². The number of carbonyl (C=O) groups excluding carboxylic acids is 1. The SMILES string of the molecule is CN(C)CC=CC(=O)Nc1cccc(-c2cccc3cnc(Nc4ccc(N5CCN(C)CC5)nc4)nc23)c1. The van der Waals surface area contributed by atoms with E-state index in [9.17, 15) is 4.79 Å². The number of fused-ring (bicyclic) bond motifs is 1. The normalized spacial score (nSPS) is 14.3. The number of aromatic nitrogens is 3. The second-order valence-electron chi connectivity index (χ2n) is 9.99. The van der Waals surface area contributed by atoms with Gasteiger partial charge in [0.05, 0.1) is 17.4 Å². The average molecular weight is 523 g/mol. The Kier molecular flexibility index (Phi) is 8.10. The van der Waals surface area contributed by atoms with Gasteiger partial charge in [-0.3, -0.25) is 4.79 Å². The van der Waals surface area contributed by atoms with Crippen molar-refractivity contribution in [1.82, 2.24) is 24.8 Å². The van der Waals surface area contributed by atoms with Gasteiger partial charge in [-0.1, -0.05) is 36.4 Å². The molecule has 4 aromatic rings. The van der Waals surface area contributed by atoms with Gasteiger partial charge in [0.25, 0.3) is 0 Å². The first kappa shape index (κ1) is 26.3. The molecule has 9 heteroatoms. The van der Waals surface area contributed by atoms with Gasteiger partial charge in [-0.25, -0.2) is 15.0 Å². The number of para-hydroxylation sites is 1. The van der Waals surface area contributed by atoms with Gasteiger partial charge in [-0.2, -0.15) is 0 Å². The second kappa shape index (κ2) is 12.0. The molecule has 1 fully saturated rings. The van der Waals surface area contributed by atoms with Crippen molar-refractivity contribution in [3.63, 3.8) is 0 Å². The van der Waals surface area contributed by atoms with E-state index in [4.69, 9.17) is 4.98 Å². The largest absolute Gasteiger partial charge is 0.354 e. The standard InChI is InChI=1S/C30H34N8O/c1-36(2)14-6-11-28(39)33-24-9-4-7-22(19-24)26-10-5-8-23-20-32-30(35-29(23)26)34-25-12-13-27(31-21-25)38-17-15-37(3)16-18-38/h4-13,19-21H,14-18H2,1-3H3,(H,33,39)(H,32,34,35). The summed E-state index contributed by atoms with van der Waals surface area (Å²) in [5.74, 6) is 1.32. The van der Waals surface area contributed by atoms with Crippen molar-refractivity contribution in [3.8, 4) is 11.1 Å². The van der Waals surface area contributed by atoms with Crippen LogP contribution >= 0.6 is 0 Å². The maximum Gasteiger partial charge on any atom is 0.248 e. The Morgan fingerprint density at radius 3 is 2.56 bits per heavy atom. The van der Waals surface area contributed by atoms with E-state index in [0.29, 0.717) is 12.5 Å². The maximum atomic E-state index is 12.3. The first-order valence-corrected chi connectivity index (χ1v) is 13.1. The number of likely N-dealkylation sites (N-methyl/N-ethyl adjacent to an activating group) is 2. The lowest BCUT2D eigenvalue weighted by molar-refractivity contribution is -0.111. The van der Waals surface area contributed by atoms with E-state index < -0.39 is 0 Å². The number of anilines is 4. The number of nitrogens with zero attached hydrogens (tertiary/aromatic N) is 6. The molecule has 0 aliphatic carbocycles. The Morgan fingerprint density at radius 1 is 0.974 bits per heavy atom. The molecule has 1 saturated heterocycles. The van der Waals surface area contributed by atoms with E-state index in [1.165, 1.54) is 0 Å². The molecule has 2 N–H and O–H groups in total. The Hall–Kier alpha value is -4.34. The zero-order valence-electron chi connectivity index (χ0n) is 22.6. The van der Waals surface area contributed by atoms with Gasteiger partial charge in [0.2, 0.25) is 11.9 Å². The summed E-state index contributed by atoms with van der Waals surface area (Å²) in [5.41, 5.74) is 4.30. The summed E-state index contributed by atoms with van der Waals surface area (Å²) in [4.78, 5) is 33.0. The van der Waals surface area contributed by atoms with E-state index >= 15 is 0 Å². The van der Waals surface area contributed by atoms with Crippen molar-refractivity contribution in [3.05, 3.63) is 79.1 Å². The number of pyridine rings is 1.